The summed E-state index contributed by atoms with van der Waals surface area (Å²) in [4.78, 5) is 32.4. The van der Waals surface area contributed by atoms with Crippen LogP contribution < -0.4 is 4.90 Å². The number of amides is 2. The van der Waals surface area contributed by atoms with Crippen LogP contribution in [0.15, 0.2) is 24.3 Å². The lowest BCUT2D eigenvalue weighted by Crippen LogP contribution is -2.56. The van der Waals surface area contributed by atoms with Gasteiger partial charge in [-0.25, -0.2) is 4.39 Å². The Morgan fingerprint density at radius 2 is 1.40 bits per heavy atom. The van der Waals surface area contributed by atoms with Crippen LogP contribution in [-0.2, 0) is 9.59 Å². The van der Waals surface area contributed by atoms with E-state index in [1.165, 1.54) is 6.07 Å². The highest BCUT2D eigenvalue weighted by atomic mass is 19.1. The van der Waals surface area contributed by atoms with Gasteiger partial charge in [0, 0.05) is 52.4 Å². The Bertz CT molecular complexity index is 623. The molecule has 0 saturated carbocycles. The summed E-state index contributed by atoms with van der Waals surface area (Å²) >= 11 is 0. The molecule has 1 aromatic carbocycles. The highest BCUT2D eigenvalue weighted by Gasteiger charge is 2.31. The maximum Gasteiger partial charge on any atom is 0.312 e. The number of hydrogen-bond acceptors (Lipinski definition) is 4. The minimum atomic E-state index is -0.432. The average Bonchev–Trinajstić information content (AvgIpc) is 2.67. The van der Waals surface area contributed by atoms with Crippen molar-refractivity contribution in [3.8, 4) is 0 Å². The first-order valence-corrected chi connectivity index (χ1v) is 8.90. The van der Waals surface area contributed by atoms with Crippen molar-refractivity contribution in [3.05, 3.63) is 30.1 Å². The molecule has 25 heavy (non-hydrogen) atoms. The maximum absolute atomic E-state index is 13.9. The molecule has 0 aliphatic carbocycles. The molecule has 2 saturated heterocycles. The fourth-order valence-electron chi connectivity index (χ4n) is 3.40. The average molecular weight is 348 g/mol. The zero-order chi connectivity index (χ0) is 17.8. The number of piperazine rings is 2. The summed E-state index contributed by atoms with van der Waals surface area (Å²) in [5.74, 6) is -1.10. The molecule has 2 aliphatic rings. The van der Waals surface area contributed by atoms with Crippen molar-refractivity contribution in [2.45, 2.75) is 6.92 Å². The van der Waals surface area contributed by atoms with Gasteiger partial charge in [-0.3, -0.25) is 9.59 Å². The monoisotopic (exact) mass is 348 g/mol. The number of benzene rings is 1. The Kier molecular flexibility index (Phi) is 5.53. The molecule has 136 valence electrons. The van der Waals surface area contributed by atoms with E-state index in [0.29, 0.717) is 45.0 Å². The van der Waals surface area contributed by atoms with Gasteiger partial charge < -0.3 is 19.6 Å². The van der Waals surface area contributed by atoms with E-state index in [4.69, 9.17) is 0 Å². The molecule has 0 unspecified atom stereocenters. The summed E-state index contributed by atoms with van der Waals surface area (Å²) in [5, 5.41) is 0. The summed E-state index contributed by atoms with van der Waals surface area (Å²) in [6.45, 7) is 7.84. The number of rotatable bonds is 2. The molecule has 0 aromatic heterocycles. The lowest BCUT2D eigenvalue weighted by atomic mass is 10.2. The topological polar surface area (TPSA) is 47.1 Å². The SMILES string of the molecule is CCN1CCN(C(=O)C(=O)N2CCN(c3ccccc3F)CC2)CC1. The second-order valence-corrected chi connectivity index (χ2v) is 6.46. The number of halogens is 1. The molecule has 2 fully saturated rings. The Hall–Kier alpha value is -2.15. The van der Waals surface area contributed by atoms with Crippen LogP contribution in [0.5, 0.6) is 0 Å². The van der Waals surface area contributed by atoms with Crippen molar-refractivity contribution in [3.63, 3.8) is 0 Å². The third-order valence-corrected chi connectivity index (χ3v) is 5.05. The van der Waals surface area contributed by atoms with Gasteiger partial charge in [0.05, 0.1) is 5.69 Å². The number of para-hydroxylation sites is 1. The van der Waals surface area contributed by atoms with Crippen LogP contribution in [-0.4, -0.2) is 85.4 Å². The molecule has 2 amide bonds. The number of carbonyl (C=O) groups is 2. The molecule has 3 rings (SSSR count). The Labute approximate surface area is 147 Å². The summed E-state index contributed by atoms with van der Waals surface area (Å²) in [7, 11) is 0. The van der Waals surface area contributed by atoms with Gasteiger partial charge >= 0.3 is 11.8 Å². The van der Waals surface area contributed by atoms with Gasteiger partial charge in [-0.1, -0.05) is 19.1 Å². The Morgan fingerprint density at radius 3 is 1.92 bits per heavy atom. The number of likely N-dealkylation sites (N-methyl/N-ethyl adjacent to an activating group) is 1. The zero-order valence-electron chi connectivity index (χ0n) is 14.7. The van der Waals surface area contributed by atoms with E-state index in [2.05, 4.69) is 11.8 Å². The molecular weight excluding hydrogens is 323 g/mol. The van der Waals surface area contributed by atoms with Crippen LogP contribution in [0, 0.1) is 5.82 Å². The van der Waals surface area contributed by atoms with E-state index in [1.54, 1.807) is 28.0 Å². The lowest BCUT2D eigenvalue weighted by Gasteiger charge is -2.38. The first-order valence-electron chi connectivity index (χ1n) is 8.90. The van der Waals surface area contributed by atoms with Gasteiger partial charge in [-0.2, -0.15) is 0 Å². The van der Waals surface area contributed by atoms with Gasteiger partial charge in [-0.05, 0) is 18.7 Å². The van der Waals surface area contributed by atoms with E-state index in [1.807, 2.05) is 4.90 Å². The second-order valence-electron chi connectivity index (χ2n) is 6.46. The quantitative estimate of drug-likeness (QED) is 0.736. The van der Waals surface area contributed by atoms with Crippen molar-refractivity contribution >= 4 is 17.5 Å². The molecule has 2 heterocycles. The summed E-state index contributed by atoms with van der Waals surface area (Å²) in [6.07, 6.45) is 0. The maximum atomic E-state index is 13.9. The van der Waals surface area contributed by atoms with Gasteiger partial charge in [0.15, 0.2) is 0 Å². The largest absolute Gasteiger partial charge is 0.366 e. The van der Waals surface area contributed by atoms with Crippen LogP contribution in [0.3, 0.4) is 0 Å². The minimum absolute atomic E-state index is 0.257. The van der Waals surface area contributed by atoms with E-state index in [0.717, 1.165) is 19.6 Å². The number of carbonyl (C=O) groups excluding carboxylic acids is 2. The highest BCUT2D eigenvalue weighted by molar-refractivity contribution is 6.35. The lowest BCUT2D eigenvalue weighted by molar-refractivity contribution is -0.153. The molecule has 0 spiro atoms. The first-order chi connectivity index (χ1) is 12.1. The van der Waals surface area contributed by atoms with Gasteiger partial charge in [0.1, 0.15) is 5.82 Å². The van der Waals surface area contributed by atoms with Crippen molar-refractivity contribution in [1.29, 1.82) is 0 Å². The predicted octanol–water partition coefficient (Wildman–Crippen LogP) is 0.638. The van der Waals surface area contributed by atoms with Crippen LogP contribution >= 0.6 is 0 Å². The second kappa shape index (κ2) is 7.82. The minimum Gasteiger partial charge on any atom is -0.366 e. The van der Waals surface area contributed by atoms with Gasteiger partial charge in [0.2, 0.25) is 0 Å². The van der Waals surface area contributed by atoms with Crippen LogP contribution in [0.2, 0.25) is 0 Å². The van der Waals surface area contributed by atoms with Crippen molar-refractivity contribution in [2.75, 3.05) is 63.8 Å². The Balaban J connectivity index is 1.53. The molecule has 6 nitrogen and oxygen atoms in total. The van der Waals surface area contributed by atoms with E-state index < -0.39 is 11.8 Å². The fraction of sp³-hybridized carbons (Fsp3) is 0.556. The third-order valence-electron chi connectivity index (χ3n) is 5.05. The summed E-state index contributed by atoms with van der Waals surface area (Å²) in [6, 6.07) is 6.64. The fourth-order valence-corrected chi connectivity index (χ4v) is 3.40. The molecule has 7 heteroatoms. The predicted molar refractivity (Wildman–Crippen MR) is 93.9 cm³/mol. The van der Waals surface area contributed by atoms with E-state index in [9.17, 15) is 14.0 Å². The van der Waals surface area contributed by atoms with Gasteiger partial charge in [0.25, 0.3) is 0 Å². The van der Waals surface area contributed by atoms with Crippen molar-refractivity contribution in [2.24, 2.45) is 0 Å². The Morgan fingerprint density at radius 1 is 0.880 bits per heavy atom. The number of nitrogens with zero attached hydrogens (tertiary/aromatic N) is 4. The molecule has 0 radical (unpaired) electrons. The number of hydrogen-bond donors (Lipinski definition) is 0. The molecule has 0 atom stereocenters. The molecule has 1 aromatic rings. The molecule has 0 N–H and O–H groups in total. The van der Waals surface area contributed by atoms with Crippen LogP contribution in [0.1, 0.15) is 6.92 Å². The molecule has 0 bridgehead atoms. The number of anilines is 1. The smallest absolute Gasteiger partial charge is 0.312 e. The van der Waals surface area contributed by atoms with E-state index >= 15 is 0 Å². The summed E-state index contributed by atoms with van der Waals surface area (Å²) in [5.41, 5.74) is 0.552. The van der Waals surface area contributed by atoms with E-state index in [-0.39, 0.29) is 5.82 Å². The third kappa shape index (κ3) is 3.92. The van der Waals surface area contributed by atoms with Crippen molar-refractivity contribution in [1.82, 2.24) is 14.7 Å². The zero-order valence-corrected chi connectivity index (χ0v) is 14.7. The molecule has 2 aliphatic heterocycles. The summed E-state index contributed by atoms with van der Waals surface area (Å²) < 4.78 is 13.9. The normalized spacial score (nSPS) is 19.2. The standard InChI is InChI=1S/C18H25FN4O2/c1-2-20-7-9-22(10-8-20)17(24)18(25)23-13-11-21(12-14-23)16-6-4-3-5-15(16)19/h3-6H,2,7-14H2,1H3. The van der Waals surface area contributed by atoms with Crippen LogP contribution in [0.25, 0.3) is 0 Å². The van der Waals surface area contributed by atoms with Crippen LogP contribution in [0.4, 0.5) is 10.1 Å². The first kappa shape index (κ1) is 17.7. The highest BCUT2D eigenvalue weighted by Crippen LogP contribution is 2.20. The molecular formula is C18H25FN4O2. The van der Waals surface area contributed by atoms with Gasteiger partial charge in [-0.15, -0.1) is 0 Å². The van der Waals surface area contributed by atoms with Crippen molar-refractivity contribution < 1.29 is 14.0 Å².